The van der Waals surface area contributed by atoms with Crippen LogP contribution in [0.3, 0.4) is 0 Å². The van der Waals surface area contributed by atoms with Gasteiger partial charge in [0.2, 0.25) is 0 Å². The molecular weight excluding hydrogens is 753 g/mol. The van der Waals surface area contributed by atoms with Gasteiger partial charge in [-0.05, 0) is 113 Å². The SMILES string of the molecule is CCC(Cc1c(I)cc(I)c(NC(=O)OC(C)(C)C)c1I)C(=O)OCCN1CCOCC1. The first-order valence-electron chi connectivity index (χ1n) is 10.6. The van der Waals surface area contributed by atoms with Crippen LogP contribution in [0, 0.1) is 16.6 Å². The molecule has 10 heteroatoms. The normalized spacial score (nSPS) is 15.8. The third kappa shape index (κ3) is 9.02. The van der Waals surface area contributed by atoms with Crippen LogP contribution in [0.2, 0.25) is 0 Å². The lowest BCUT2D eigenvalue weighted by molar-refractivity contribution is -0.149. The standard InChI is InChI=1S/C22H31I3N2O5/c1-5-14(20(28)31-11-8-27-6-9-30-10-7-27)12-15-16(23)13-17(24)19(18(15)25)26-21(29)32-22(2,3)4/h13-14H,5-12H2,1-4H3,(H,26,29). The first-order valence-corrected chi connectivity index (χ1v) is 13.9. The number of amides is 1. The predicted octanol–water partition coefficient (Wildman–Crippen LogP) is 5.29. The van der Waals surface area contributed by atoms with Crippen LogP contribution in [0.1, 0.15) is 39.7 Å². The minimum absolute atomic E-state index is 0.174. The molecule has 32 heavy (non-hydrogen) atoms. The Labute approximate surface area is 231 Å². The van der Waals surface area contributed by atoms with Gasteiger partial charge in [0.25, 0.3) is 0 Å². The summed E-state index contributed by atoms with van der Waals surface area (Å²) in [4.78, 5) is 27.4. The molecule has 1 fully saturated rings. The van der Waals surface area contributed by atoms with Crippen molar-refractivity contribution in [2.75, 3.05) is 44.8 Å². The Bertz CT molecular complexity index is 808. The van der Waals surface area contributed by atoms with E-state index in [-0.39, 0.29) is 11.9 Å². The number of rotatable bonds is 8. The number of hydrogen-bond donors (Lipinski definition) is 1. The number of nitrogens with one attached hydrogen (secondary N) is 1. The zero-order valence-electron chi connectivity index (χ0n) is 18.9. The van der Waals surface area contributed by atoms with E-state index in [1.165, 1.54) is 0 Å². The molecule has 1 saturated heterocycles. The summed E-state index contributed by atoms with van der Waals surface area (Å²) in [6.07, 6.45) is 0.752. The van der Waals surface area contributed by atoms with Gasteiger partial charge in [-0.2, -0.15) is 0 Å². The summed E-state index contributed by atoms with van der Waals surface area (Å²) in [6, 6.07) is 2.02. The van der Waals surface area contributed by atoms with Gasteiger partial charge in [0.1, 0.15) is 12.2 Å². The highest BCUT2D eigenvalue weighted by molar-refractivity contribution is 14.1. The summed E-state index contributed by atoms with van der Waals surface area (Å²) in [5.74, 6) is -0.413. The molecule has 0 saturated carbocycles. The van der Waals surface area contributed by atoms with Gasteiger partial charge >= 0.3 is 12.1 Å². The summed E-state index contributed by atoms with van der Waals surface area (Å²) in [5.41, 5.74) is 1.17. The second-order valence-electron chi connectivity index (χ2n) is 8.57. The number of benzene rings is 1. The van der Waals surface area contributed by atoms with E-state index < -0.39 is 11.7 Å². The maximum absolute atomic E-state index is 12.8. The number of carbonyl (C=O) groups excluding carboxylic acids is 2. The summed E-state index contributed by atoms with van der Waals surface area (Å²) in [5, 5.41) is 2.88. The molecule has 1 aromatic carbocycles. The minimum Gasteiger partial charge on any atom is -0.464 e. The van der Waals surface area contributed by atoms with Gasteiger partial charge in [-0.1, -0.05) is 6.92 Å². The Morgan fingerprint density at radius 1 is 1.19 bits per heavy atom. The first kappa shape index (κ1) is 28.3. The van der Waals surface area contributed by atoms with Crippen molar-refractivity contribution < 1.29 is 23.8 Å². The van der Waals surface area contributed by atoms with Crippen molar-refractivity contribution in [3.63, 3.8) is 0 Å². The van der Waals surface area contributed by atoms with Crippen molar-refractivity contribution >= 4 is 85.5 Å². The molecule has 180 valence electrons. The lowest BCUT2D eigenvalue weighted by Crippen LogP contribution is -2.38. The molecule has 0 aromatic heterocycles. The largest absolute Gasteiger partial charge is 0.464 e. The fraction of sp³-hybridized carbons (Fsp3) is 0.636. The van der Waals surface area contributed by atoms with Crippen molar-refractivity contribution in [2.45, 2.75) is 46.1 Å². The van der Waals surface area contributed by atoms with Gasteiger partial charge in [-0.3, -0.25) is 15.0 Å². The number of nitrogens with zero attached hydrogens (tertiary/aromatic N) is 1. The molecule has 0 spiro atoms. The Hall–Kier alpha value is 0.0700. The molecular formula is C22H31I3N2O5. The third-order valence-electron chi connectivity index (χ3n) is 4.92. The molecule has 1 aromatic rings. The highest BCUT2D eigenvalue weighted by Gasteiger charge is 2.25. The zero-order valence-corrected chi connectivity index (χ0v) is 25.4. The Balaban J connectivity index is 2.06. The highest BCUT2D eigenvalue weighted by Crippen LogP contribution is 2.34. The van der Waals surface area contributed by atoms with E-state index in [2.05, 4.69) is 78.0 Å². The second-order valence-corrected chi connectivity index (χ2v) is 12.0. The molecule has 1 N–H and O–H groups in total. The molecule has 1 unspecified atom stereocenters. The molecule has 1 heterocycles. The van der Waals surface area contributed by atoms with Crippen LogP contribution in [0.5, 0.6) is 0 Å². The van der Waals surface area contributed by atoms with Crippen LogP contribution in [0.25, 0.3) is 0 Å². The first-order chi connectivity index (χ1) is 15.0. The molecule has 7 nitrogen and oxygen atoms in total. The van der Waals surface area contributed by atoms with Gasteiger partial charge < -0.3 is 14.2 Å². The van der Waals surface area contributed by atoms with Gasteiger partial charge in [0.05, 0.1) is 24.8 Å². The quantitative estimate of drug-likeness (QED) is 0.286. The smallest absolute Gasteiger partial charge is 0.412 e. The number of carbonyl (C=O) groups is 2. The summed E-state index contributed by atoms with van der Waals surface area (Å²) >= 11 is 6.74. The topological polar surface area (TPSA) is 77.1 Å². The number of anilines is 1. The Morgan fingerprint density at radius 3 is 2.44 bits per heavy atom. The lowest BCUT2D eigenvalue weighted by atomic mass is 9.96. The van der Waals surface area contributed by atoms with E-state index in [0.717, 1.165) is 49.1 Å². The Morgan fingerprint density at radius 2 is 1.84 bits per heavy atom. The lowest BCUT2D eigenvalue weighted by Gasteiger charge is -2.26. The van der Waals surface area contributed by atoms with Gasteiger partial charge in [0.15, 0.2) is 0 Å². The van der Waals surface area contributed by atoms with E-state index in [1.807, 2.05) is 33.8 Å². The fourth-order valence-corrected chi connectivity index (χ4v) is 7.28. The maximum Gasteiger partial charge on any atom is 0.412 e. The van der Waals surface area contributed by atoms with Crippen LogP contribution in [0.4, 0.5) is 10.5 Å². The van der Waals surface area contributed by atoms with E-state index in [1.54, 1.807) is 0 Å². The van der Waals surface area contributed by atoms with Crippen LogP contribution in [-0.2, 0) is 25.4 Å². The summed E-state index contributed by atoms with van der Waals surface area (Å²) in [6.45, 7) is 11.8. The van der Waals surface area contributed by atoms with Crippen molar-refractivity contribution in [3.8, 4) is 0 Å². The van der Waals surface area contributed by atoms with Crippen LogP contribution >= 0.6 is 67.8 Å². The molecule has 0 bridgehead atoms. The van der Waals surface area contributed by atoms with Gasteiger partial charge in [0, 0.05) is 30.3 Å². The van der Waals surface area contributed by atoms with E-state index in [0.29, 0.717) is 25.1 Å². The molecule has 0 aliphatic carbocycles. The van der Waals surface area contributed by atoms with Crippen molar-refractivity contribution in [1.82, 2.24) is 4.90 Å². The second kappa shape index (κ2) is 13.2. The van der Waals surface area contributed by atoms with Crippen molar-refractivity contribution in [1.29, 1.82) is 0 Å². The molecule has 1 amide bonds. The van der Waals surface area contributed by atoms with Gasteiger partial charge in [-0.15, -0.1) is 0 Å². The Kier molecular flexibility index (Phi) is 11.7. The van der Waals surface area contributed by atoms with Crippen molar-refractivity contribution in [3.05, 3.63) is 22.3 Å². The van der Waals surface area contributed by atoms with Crippen molar-refractivity contribution in [2.24, 2.45) is 5.92 Å². The zero-order chi connectivity index (χ0) is 23.9. The molecule has 1 aliphatic rings. The van der Waals surface area contributed by atoms with Crippen LogP contribution < -0.4 is 5.32 Å². The van der Waals surface area contributed by atoms with E-state index >= 15 is 0 Å². The van der Waals surface area contributed by atoms with Crippen LogP contribution in [-0.4, -0.2) is 62.0 Å². The summed E-state index contributed by atoms with van der Waals surface area (Å²) < 4.78 is 19.3. The molecule has 0 radical (unpaired) electrons. The average Bonchev–Trinajstić information content (AvgIpc) is 2.70. The van der Waals surface area contributed by atoms with E-state index in [4.69, 9.17) is 14.2 Å². The highest BCUT2D eigenvalue weighted by atomic mass is 127. The molecule has 2 rings (SSSR count). The number of hydrogen-bond acceptors (Lipinski definition) is 6. The predicted molar refractivity (Wildman–Crippen MR) is 150 cm³/mol. The number of esters is 1. The third-order valence-corrected chi connectivity index (χ3v) is 7.93. The van der Waals surface area contributed by atoms with E-state index in [9.17, 15) is 9.59 Å². The van der Waals surface area contributed by atoms with Gasteiger partial charge in [-0.25, -0.2) is 4.79 Å². The number of morpholine rings is 1. The molecule has 1 atom stereocenters. The molecule has 1 aliphatic heterocycles. The summed E-state index contributed by atoms with van der Waals surface area (Å²) in [7, 11) is 0. The fourth-order valence-electron chi connectivity index (χ4n) is 3.20. The minimum atomic E-state index is -0.578. The maximum atomic E-state index is 12.8. The average molecular weight is 784 g/mol. The number of ether oxygens (including phenoxy) is 3. The number of halogens is 3. The van der Waals surface area contributed by atoms with Crippen LogP contribution in [0.15, 0.2) is 6.07 Å². The monoisotopic (exact) mass is 784 g/mol.